The number of H-pyrrole nitrogens is 1. The highest BCUT2D eigenvalue weighted by atomic mass is 16.3. The number of piperidine rings is 1. The van der Waals surface area contributed by atoms with E-state index in [-0.39, 0.29) is 36.4 Å². The first-order valence-corrected chi connectivity index (χ1v) is 15.4. The highest BCUT2D eigenvalue weighted by Crippen LogP contribution is 2.31. The number of nitrogens with one attached hydrogen (secondary N) is 2. The smallest absolute Gasteiger partial charge is 0.277 e. The molecule has 0 aliphatic carbocycles. The van der Waals surface area contributed by atoms with Gasteiger partial charge in [0.25, 0.3) is 11.7 Å². The predicted molar refractivity (Wildman–Crippen MR) is 164 cm³/mol. The van der Waals surface area contributed by atoms with E-state index in [9.17, 15) is 15.0 Å². The van der Waals surface area contributed by atoms with E-state index in [4.69, 9.17) is 10.8 Å². The van der Waals surface area contributed by atoms with Gasteiger partial charge in [-0.2, -0.15) is 0 Å². The van der Waals surface area contributed by atoms with Crippen LogP contribution in [0.2, 0.25) is 0 Å². The lowest BCUT2D eigenvalue weighted by molar-refractivity contribution is -0.676. The molecule has 0 saturated carbocycles. The number of imidazole rings is 1. The van der Waals surface area contributed by atoms with Gasteiger partial charge in [-0.25, -0.2) is 19.1 Å². The van der Waals surface area contributed by atoms with E-state index in [1.807, 2.05) is 6.92 Å². The van der Waals surface area contributed by atoms with Crippen LogP contribution in [0.3, 0.4) is 0 Å². The molecular weight excluding hydrogens is 548 g/mol. The summed E-state index contributed by atoms with van der Waals surface area (Å²) in [5.74, 6) is 0.857. The molecule has 1 aliphatic rings. The zero-order chi connectivity index (χ0) is 30.7. The Morgan fingerprint density at radius 1 is 1.19 bits per heavy atom. The zero-order valence-corrected chi connectivity index (χ0v) is 25.3. The Kier molecular flexibility index (Phi) is 9.60. The molecule has 3 atom stereocenters. The van der Waals surface area contributed by atoms with Crippen LogP contribution in [0.25, 0.3) is 22.2 Å². The van der Waals surface area contributed by atoms with Crippen LogP contribution >= 0.6 is 0 Å². The molecule has 1 aromatic carbocycles. The van der Waals surface area contributed by atoms with Gasteiger partial charge in [0.1, 0.15) is 12.1 Å². The van der Waals surface area contributed by atoms with Crippen molar-refractivity contribution in [2.24, 2.45) is 5.92 Å². The molecule has 0 unspecified atom stereocenters. The van der Waals surface area contributed by atoms with Crippen LogP contribution in [-0.4, -0.2) is 84.1 Å². The molecule has 4 aromatic rings. The van der Waals surface area contributed by atoms with Crippen LogP contribution in [0.4, 0.5) is 5.82 Å². The van der Waals surface area contributed by atoms with Crippen LogP contribution in [0.5, 0.6) is 0 Å². The maximum atomic E-state index is 13.1. The van der Waals surface area contributed by atoms with Gasteiger partial charge in [0.15, 0.2) is 28.2 Å². The molecule has 0 spiro atoms. The molecule has 0 radical (unpaired) electrons. The second-order valence-corrected chi connectivity index (χ2v) is 11.6. The number of nitrogens with zero attached hydrogens (tertiary/aromatic N) is 5. The molecule has 1 saturated heterocycles. The van der Waals surface area contributed by atoms with Gasteiger partial charge in [0.05, 0.1) is 25.3 Å². The van der Waals surface area contributed by atoms with Crippen molar-refractivity contribution < 1.29 is 24.7 Å². The van der Waals surface area contributed by atoms with E-state index in [1.165, 1.54) is 5.56 Å². The van der Waals surface area contributed by atoms with Gasteiger partial charge in [-0.3, -0.25) is 4.79 Å². The molecule has 4 heterocycles. The minimum Gasteiger partial charge on any atom is -0.396 e. The van der Waals surface area contributed by atoms with E-state index in [0.717, 1.165) is 55.9 Å². The SMILES string of the molecule is CCn1c(CNC(=O)c2nc3cc[nH]c3nc2N)[n+](CC)c2ccc(C3CCN(C[C@H](O)[C@@H](C)[C@H](O)CCO)CC3)cc21. The third kappa shape index (κ3) is 6.37. The number of carbonyl (C=O) groups is 1. The fraction of sp³-hybridized carbons (Fsp3) is 0.548. The number of benzene rings is 1. The summed E-state index contributed by atoms with van der Waals surface area (Å²) in [5, 5.41) is 32.9. The minimum absolute atomic E-state index is 0.0840. The fourth-order valence-electron chi connectivity index (χ4n) is 6.38. The molecule has 3 aromatic heterocycles. The summed E-state index contributed by atoms with van der Waals surface area (Å²) in [6.07, 6.45) is 2.64. The number of fused-ring (bicyclic) bond motifs is 2. The van der Waals surface area contributed by atoms with Gasteiger partial charge in [0.2, 0.25) is 0 Å². The van der Waals surface area contributed by atoms with E-state index in [0.29, 0.717) is 30.2 Å². The Labute approximate surface area is 251 Å². The summed E-state index contributed by atoms with van der Waals surface area (Å²) in [6.45, 7) is 10.1. The summed E-state index contributed by atoms with van der Waals surface area (Å²) in [7, 11) is 0. The molecule has 0 bridgehead atoms. The Balaban J connectivity index is 1.29. The van der Waals surface area contributed by atoms with E-state index >= 15 is 0 Å². The molecule has 5 rings (SSSR count). The number of aromatic amines is 1. The number of anilines is 1. The first-order valence-electron chi connectivity index (χ1n) is 15.4. The van der Waals surface area contributed by atoms with E-state index < -0.39 is 12.2 Å². The molecule has 232 valence electrons. The lowest BCUT2D eigenvalue weighted by Gasteiger charge is -2.35. The first-order chi connectivity index (χ1) is 20.7. The van der Waals surface area contributed by atoms with Gasteiger partial charge in [0, 0.05) is 25.3 Å². The third-order valence-electron chi connectivity index (χ3n) is 9.01. The number of aryl methyl sites for hydroxylation is 2. The third-order valence-corrected chi connectivity index (χ3v) is 9.01. The van der Waals surface area contributed by atoms with Gasteiger partial charge in [-0.1, -0.05) is 13.0 Å². The van der Waals surface area contributed by atoms with Crippen molar-refractivity contribution in [3.05, 3.63) is 47.5 Å². The number of nitrogens with two attached hydrogens (primary N) is 1. The van der Waals surface area contributed by atoms with Crippen LogP contribution in [-0.2, 0) is 19.6 Å². The average Bonchev–Trinajstić information content (AvgIpc) is 3.59. The molecular formula is C31H45N8O4+. The van der Waals surface area contributed by atoms with Crippen LogP contribution in [0.15, 0.2) is 30.5 Å². The number of nitrogen functional groups attached to an aromatic ring is 1. The lowest BCUT2D eigenvalue weighted by atomic mass is 9.88. The number of aromatic nitrogens is 5. The second kappa shape index (κ2) is 13.4. The van der Waals surface area contributed by atoms with Gasteiger partial charge < -0.3 is 36.3 Å². The Bertz CT molecular complexity index is 1560. The van der Waals surface area contributed by atoms with Crippen LogP contribution in [0, 0.1) is 5.92 Å². The normalized spacial score (nSPS) is 17.0. The monoisotopic (exact) mass is 593 g/mol. The number of carbonyl (C=O) groups excluding carboxylic acids is 1. The summed E-state index contributed by atoms with van der Waals surface area (Å²) in [4.78, 5) is 27.0. The van der Waals surface area contributed by atoms with Crippen molar-refractivity contribution in [2.45, 2.75) is 77.8 Å². The van der Waals surface area contributed by atoms with Gasteiger partial charge in [-0.15, -0.1) is 0 Å². The number of aliphatic hydroxyl groups is 3. The topological polar surface area (TPSA) is 169 Å². The lowest BCUT2D eigenvalue weighted by Crippen LogP contribution is -2.43. The Hall–Kier alpha value is -3.58. The second-order valence-electron chi connectivity index (χ2n) is 11.6. The summed E-state index contributed by atoms with van der Waals surface area (Å²) in [5.41, 5.74) is 10.9. The number of likely N-dealkylation sites (tertiary alicyclic amines) is 1. The fourth-order valence-corrected chi connectivity index (χ4v) is 6.38. The highest BCUT2D eigenvalue weighted by Gasteiger charge is 2.29. The predicted octanol–water partition coefficient (Wildman–Crippen LogP) is 1.67. The number of hydrogen-bond acceptors (Lipinski definition) is 8. The highest BCUT2D eigenvalue weighted by molar-refractivity contribution is 5.98. The summed E-state index contributed by atoms with van der Waals surface area (Å²) >= 11 is 0. The first kappa shape index (κ1) is 30.9. The molecule has 1 aliphatic heterocycles. The van der Waals surface area contributed by atoms with Crippen LogP contribution < -0.4 is 15.6 Å². The molecule has 12 nitrogen and oxygen atoms in total. The Morgan fingerprint density at radius 3 is 2.65 bits per heavy atom. The van der Waals surface area contributed by atoms with Crippen molar-refractivity contribution in [3.63, 3.8) is 0 Å². The van der Waals surface area contributed by atoms with Gasteiger partial charge >= 0.3 is 0 Å². The van der Waals surface area contributed by atoms with Crippen molar-refractivity contribution >= 4 is 33.9 Å². The van der Waals surface area contributed by atoms with Crippen molar-refractivity contribution in [3.8, 4) is 0 Å². The number of hydrogen-bond donors (Lipinski definition) is 6. The van der Waals surface area contributed by atoms with Gasteiger partial charge in [-0.05, 0) is 75.9 Å². The Morgan fingerprint density at radius 2 is 1.95 bits per heavy atom. The molecule has 1 amide bonds. The average molecular weight is 594 g/mol. The summed E-state index contributed by atoms with van der Waals surface area (Å²) in [6, 6.07) is 8.47. The van der Waals surface area contributed by atoms with Crippen LogP contribution in [0.1, 0.15) is 67.8 Å². The standard InChI is InChI=1S/C31H44N8O4/c1-4-38-23-7-6-21(20-9-13-37(14-10-20)18-26(42)19(3)25(41)11-15-40)16-24(23)39(5-2)27(38)17-34-31(43)28-29(32)36-30-22(35-28)8-12-33-30/h6-8,12,16,19-20,25-26,40-42H,4-5,9-11,13-15,17-18H2,1-3H3,(H3-,32,33,34,35,36,43)/p+1/t19-,25+,26-/m0/s1. The molecule has 12 heteroatoms. The maximum absolute atomic E-state index is 13.1. The van der Waals surface area contributed by atoms with E-state index in [1.54, 1.807) is 12.3 Å². The van der Waals surface area contributed by atoms with Crippen molar-refractivity contribution in [1.82, 2.24) is 29.7 Å². The number of amides is 1. The number of rotatable bonds is 12. The molecule has 43 heavy (non-hydrogen) atoms. The van der Waals surface area contributed by atoms with Crippen molar-refractivity contribution in [2.75, 3.05) is 32.0 Å². The van der Waals surface area contributed by atoms with Crippen molar-refractivity contribution in [1.29, 1.82) is 0 Å². The zero-order valence-electron chi connectivity index (χ0n) is 25.3. The summed E-state index contributed by atoms with van der Waals surface area (Å²) < 4.78 is 4.50. The largest absolute Gasteiger partial charge is 0.396 e. The quantitative estimate of drug-likeness (QED) is 0.135. The minimum atomic E-state index is -0.705. The molecule has 1 fully saturated rings. The maximum Gasteiger partial charge on any atom is 0.277 e. The number of aliphatic hydroxyl groups excluding tert-OH is 3. The number of β-amino-alcohol motifs (C(OH)–C–C–N with tert-alkyl or cyclic N) is 1. The van der Waals surface area contributed by atoms with E-state index in [2.05, 4.69) is 66.3 Å². The molecule has 7 N–H and O–H groups in total.